The van der Waals surface area contributed by atoms with Crippen molar-refractivity contribution in [1.29, 1.82) is 0 Å². The molecule has 0 radical (unpaired) electrons. The van der Waals surface area contributed by atoms with E-state index >= 15 is 0 Å². The van der Waals surface area contributed by atoms with Crippen LogP contribution in [0, 0.1) is 0 Å². The second-order valence-electron chi connectivity index (χ2n) is 17.4. The smallest absolute Gasteiger partial charge is 0.151 e. The third-order valence-electron chi connectivity index (χ3n) is 13.9. The van der Waals surface area contributed by atoms with Crippen molar-refractivity contribution in [2.75, 3.05) is 9.80 Å². The summed E-state index contributed by atoms with van der Waals surface area (Å²) in [5.74, 6) is 3.40. The highest BCUT2D eigenvalue weighted by Crippen LogP contribution is 2.55. The topological polar surface area (TPSA) is 24.9 Å². The summed E-state index contributed by atoms with van der Waals surface area (Å²) < 4.78 is 12.9. The fraction of sp³-hybridized carbons (Fsp3) is 0.0323. The second-order valence-corrected chi connectivity index (χ2v) is 17.4. The van der Waals surface area contributed by atoms with Gasteiger partial charge < -0.3 is 19.3 Å². The molecule has 11 aromatic rings. The number of ether oxygens (including phenoxy) is 2. The molecule has 0 saturated carbocycles. The SMILES string of the molecule is C1=Cc2c(N3c4ccccc4Oc4ccccc43)ccc(-c3cc4cc(-c5ccc(N6c7ccccc7Oc7ccccc76)c6ccccc56)c5ccccc5c4c4ccccc34)c2CC1. The molecule has 2 aliphatic heterocycles. The maximum atomic E-state index is 6.44. The Morgan fingerprint density at radius 1 is 0.333 bits per heavy atom. The van der Waals surface area contributed by atoms with Gasteiger partial charge in [0.2, 0.25) is 0 Å². The Morgan fingerprint density at radius 2 is 0.742 bits per heavy atom. The highest BCUT2D eigenvalue weighted by Gasteiger charge is 2.30. The van der Waals surface area contributed by atoms with E-state index in [1.807, 2.05) is 24.3 Å². The van der Waals surface area contributed by atoms with E-state index in [-0.39, 0.29) is 0 Å². The molecular weight excluding hydrogens is 805 g/mol. The van der Waals surface area contributed by atoms with Gasteiger partial charge in [0.15, 0.2) is 23.0 Å². The molecule has 11 aromatic carbocycles. The van der Waals surface area contributed by atoms with E-state index in [0.29, 0.717) is 0 Å². The minimum absolute atomic E-state index is 0.844. The number of anilines is 6. The van der Waals surface area contributed by atoms with Crippen molar-refractivity contribution in [1.82, 2.24) is 0 Å². The predicted molar refractivity (Wildman–Crippen MR) is 274 cm³/mol. The summed E-state index contributed by atoms with van der Waals surface area (Å²) in [5, 5.41) is 9.89. The normalized spacial score (nSPS) is 13.5. The Labute approximate surface area is 382 Å². The Hall–Kier alpha value is -8.60. The average molecular weight is 845 g/mol. The van der Waals surface area contributed by atoms with Gasteiger partial charge in [-0.15, -0.1) is 0 Å². The largest absolute Gasteiger partial charge is 0.453 e. The van der Waals surface area contributed by atoms with Crippen molar-refractivity contribution in [3.63, 3.8) is 0 Å². The van der Waals surface area contributed by atoms with Crippen LogP contribution in [0.1, 0.15) is 17.5 Å². The zero-order chi connectivity index (χ0) is 43.3. The van der Waals surface area contributed by atoms with Gasteiger partial charge in [0.1, 0.15) is 0 Å². The Kier molecular flexibility index (Phi) is 8.07. The fourth-order valence-corrected chi connectivity index (χ4v) is 11.1. The maximum absolute atomic E-state index is 6.44. The molecule has 0 atom stereocenters. The number of allylic oxidation sites excluding steroid dienone is 1. The first-order valence-electron chi connectivity index (χ1n) is 22.8. The van der Waals surface area contributed by atoms with Crippen LogP contribution in [0.15, 0.2) is 212 Å². The zero-order valence-electron chi connectivity index (χ0n) is 35.9. The number of hydrogen-bond acceptors (Lipinski definition) is 4. The molecule has 66 heavy (non-hydrogen) atoms. The molecule has 0 saturated heterocycles. The summed E-state index contributed by atoms with van der Waals surface area (Å²) in [6, 6.07) is 74.5. The van der Waals surface area contributed by atoms with Crippen molar-refractivity contribution in [3.05, 3.63) is 223 Å². The molecule has 0 amide bonds. The summed E-state index contributed by atoms with van der Waals surface area (Å²) in [6.45, 7) is 0. The van der Waals surface area contributed by atoms with E-state index in [2.05, 4.69) is 204 Å². The molecule has 310 valence electrons. The lowest BCUT2D eigenvalue weighted by atomic mass is 9.83. The molecule has 0 N–H and O–H groups in total. The Morgan fingerprint density at radius 3 is 1.29 bits per heavy atom. The standard InChI is InChI=1S/C62H40N2O2/c1-5-21-46-40(17-1)44(33-35-52(46)63-54-25-9-13-29-58(54)65-59-30-14-10-26-55(59)63)50-37-39-38-51(43-20-4-8-24-49(43)62(39)48-23-7-3-19-42(48)50)45-34-36-53(47-22-6-2-18-41(45)47)64-56-27-11-15-31-60(56)66-61-32-16-12-28-57(61)64/h1,3-17,19-38H,2,18H2. The van der Waals surface area contributed by atoms with E-state index in [1.54, 1.807) is 0 Å². The van der Waals surface area contributed by atoms with Crippen LogP contribution in [0.25, 0.3) is 71.4 Å². The summed E-state index contributed by atoms with van der Waals surface area (Å²) in [7, 11) is 0. The van der Waals surface area contributed by atoms with Crippen LogP contribution in [0.5, 0.6) is 23.0 Å². The van der Waals surface area contributed by atoms with Crippen molar-refractivity contribution in [2.24, 2.45) is 0 Å². The van der Waals surface area contributed by atoms with Crippen molar-refractivity contribution in [3.8, 4) is 45.3 Å². The minimum atomic E-state index is 0.844. The van der Waals surface area contributed by atoms with Crippen LogP contribution in [0.4, 0.5) is 34.1 Å². The van der Waals surface area contributed by atoms with Crippen LogP contribution in [0.3, 0.4) is 0 Å². The first kappa shape index (κ1) is 36.8. The molecule has 3 aliphatic rings. The van der Waals surface area contributed by atoms with Crippen LogP contribution in [0.2, 0.25) is 0 Å². The van der Waals surface area contributed by atoms with E-state index in [9.17, 15) is 0 Å². The summed E-state index contributed by atoms with van der Waals surface area (Å²) >= 11 is 0. The number of fused-ring (bicyclic) bond motifs is 11. The molecule has 0 spiro atoms. The van der Waals surface area contributed by atoms with Crippen LogP contribution < -0.4 is 19.3 Å². The monoisotopic (exact) mass is 844 g/mol. The van der Waals surface area contributed by atoms with Gasteiger partial charge in [0.05, 0.1) is 34.1 Å². The van der Waals surface area contributed by atoms with Gasteiger partial charge in [-0.2, -0.15) is 0 Å². The van der Waals surface area contributed by atoms with E-state index < -0.39 is 0 Å². The highest BCUT2D eigenvalue weighted by molar-refractivity contribution is 6.27. The molecular formula is C62H40N2O2. The number of hydrogen-bond donors (Lipinski definition) is 0. The van der Waals surface area contributed by atoms with Gasteiger partial charge in [0, 0.05) is 10.9 Å². The summed E-state index contributed by atoms with van der Waals surface area (Å²) in [4.78, 5) is 4.74. The lowest BCUT2D eigenvalue weighted by Crippen LogP contribution is -2.17. The first-order valence-corrected chi connectivity index (χ1v) is 22.8. The van der Waals surface area contributed by atoms with Crippen molar-refractivity contribution >= 4 is 83.3 Å². The lowest BCUT2D eigenvalue weighted by molar-refractivity contribution is 0.477. The van der Waals surface area contributed by atoms with Gasteiger partial charge in [0.25, 0.3) is 0 Å². The minimum Gasteiger partial charge on any atom is -0.453 e. The predicted octanol–water partition coefficient (Wildman–Crippen LogP) is 17.7. The lowest BCUT2D eigenvalue weighted by Gasteiger charge is -2.35. The third-order valence-corrected chi connectivity index (χ3v) is 13.9. The van der Waals surface area contributed by atoms with Crippen LogP contribution in [-0.2, 0) is 6.42 Å². The molecule has 0 unspecified atom stereocenters. The number of nitrogens with zero attached hydrogens (tertiary/aromatic N) is 2. The van der Waals surface area contributed by atoms with Crippen molar-refractivity contribution in [2.45, 2.75) is 12.8 Å². The highest BCUT2D eigenvalue weighted by atomic mass is 16.5. The summed E-state index contributed by atoms with van der Waals surface area (Å²) in [5.41, 5.74) is 14.0. The van der Waals surface area contributed by atoms with Gasteiger partial charge in [-0.3, -0.25) is 0 Å². The molecule has 0 fully saturated rings. The van der Waals surface area contributed by atoms with Crippen molar-refractivity contribution < 1.29 is 9.47 Å². The molecule has 0 aromatic heterocycles. The zero-order valence-corrected chi connectivity index (χ0v) is 35.9. The average Bonchev–Trinajstić information content (AvgIpc) is 3.38. The number of benzene rings is 11. The Balaban J connectivity index is 0.988. The molecule has 1 aliphatic carbocycles. The van der Waals surface area contributed by atoms with Crippen LogP contribution in [-0.4, -0.2) is 0 Å². The van der Waals surface area contributed by atoms with E-state index in [1.165, 1.54) is 76.5 Å². The molecule has 14 rings (SSSR count). The van der Waals surface area contributed by atoms with Gasteiger partial charge in [-0.05, 0) is 151 Å². The quantitative estimate of drug-likeness (QED) is 0.165. The van der Waals surface area contributed by atoms with Gasteiger partial charge >= 0.3 is 0 Å². The maximum Gasteiger partial charge on any atom is 0.151 e. The van der Waals surface area contributed by atoms with Crippen LogP contribution >= 0.6 is 0 Å². The van der Waals surface area contributed by atoms with E-state index in [0.717, 1.165) is 70.0 Å². The molecule has 4 nitrogen and oxygen atoms in total. The molecule has 2 heterocycles. The first-order chi connectivity index (χ1) is 32.8. The number of para-hydroxylation sites is 8. The van der Waals surface area contributed by atoms with Gasteiger partial charge in [-0.25, -0.2) is 0 Å². The number of rotatable bonds is 4. The fourth-order valence-electron chi connectivity index (χ4n) is 11.1. The van der Waals surface area contributed by atoms with Gasteiger partial charge in [-0.1, -0.05) is 146 Å². The molecule has 0 bridgehead atoms. The Bertz CT molecular complexity index is 3780. The summed E-state index contributed by atoms with van der Waals surface area (Å²) in [6.07, 6.45) is 6.62. The third kappa shape index (κ3) is 5.45. The second kappa shape index (κ2) is 14.5. The van der Waals surface area contributed by atoms with E-state index in [4.69, 9.17) is 9.47 Å². The molecule has 4 heteroatoms.